The van der Waals surface area contributed by atoms with Crippen LogP contribution in [0.1, 0.15) is 6.92 Å². The molecule has 1 aromatic heterocycles. The molecule has 2 N–H and O–H groups in total. The molecule has 0 radical (unpaired) electrons. The second-order valence-corrected chi connectivity index (χ2v) is 4.62. The quantitative estimate of drug-likeness (QED) is 0.727. The molecule has 1 saturated heterocycles. The second-order valence-electron chi connectivity index (χ2n) is 4.62. The first-order valence-corrected chi connectivity index (χ1v) is 6.95. The lowest BCUT2D eigenvalue weighted by atomic mass is 10.3. The normalized spacial score (nSPS) is 17.7. The number of morpholine rings is 1. The molecule has 112 valence electrons. The third-order valence-corrected chi connectivity index (χ3v) is 3.00. The van der Waals surface area contributed by atoms with Gasteiger partial charge in [-0.2, -0.15) is 4.98 Å². The van der Waals surface area contributed by atoms with Gasteiger partial charge in [-0.3, -0.25) is 9.88 Å². The summed E-state index contributed by atoms with van der Waals surface area (Å²) in [5.41, 5.74) is 0. The largest absolute Gasteiger partial charge is 0.477 e. The van der Waals surface area contributed by atoms with E-state index in [0.29, 0.717) is 31.4 Å². The number of aliphatic hydroxyl groups excluding tert-OH is 1. The molecule has 1 aliphatic rings. The van der Waals surface area contributed by atoms with Crippen LogP contribution in [0.2, 0.25) is 0 Å². The molecule has 20 heavy (non-hydrogen) atoms. The van der Waals surface area contributed by atoms with Crippen molar-refractivity contribution in [3.05, 3.63) is 12.4 Å². The Morgan fingerprint density at radius 2 is 2.25 bits per heavy atom. The Labute approximate surface area is 118 Å². The van der Waals surface area contributed by atoms with Crippen LogP contribution in [0.4, 0.5) is 5.82 Å². The number of hydrogen-bond donors (Lipinski definition) is 2. The molecule has 0 bridgehead atoms. The van der Waals surface area contributed by atoms with Gasteiger partial charge in [-0.25, -0.2) is 0 Å². The van der Waals surface area contributed by atoms with Crippen molar-refractivity contribution in [1.29, 1.82) is 0 Å². The zero-order chi connectivity index (χ0) is 14.2. The Morgan fingerprint density at radius 3 is 3.00 bits per heavy atom. The standard InChI is InChI=1S/C13H22N4O3/c1-2-20-13-9-14-8-12(16-13)15-7-11(18)10-17-3-5-19-6-4-17/h8-9,11,18H,2-7,10H2,1H3,(H,15,16). The summed E-state index contributed by atoms with van der Waals surface area (Å²) in [4.78, 5) is 10.5. The van der Waals surface area contributed by atoms with E-state index in [1.165, 1.54) is 0 Å². The maximum Gasteiger partial charge on any atom is 0.234 e. The average Bonchev–Trinajstić information content (AvgIpc) is 2.47. The maximum absolute atomic E-state index is 10.0. The van der Waals surface area contributed by atoms with Crippen molar-refractivity contribution in [2.24, 2.45) is 0 Å². The number of rotatable bonds is 7. The van der Waals surface area contributed by atoms with Crippen LogP contribution in [-0.4, -0.2) is 72.1 Å². The predicted octanol–water partition coefficient (Wildman–Crippen LogP) is -0.0197. The molecule has 2 heterocycles. The summed E-state index contributed by atoms with van der Waals surface area (Å²) >= 11 is 0. The van der Waals surface area contributed by atoms with Gasteiger partial charge in [0.1, 0.15) is 5.82 Å². The summed E-state index contributed by atoms with van der Waals surface area (Å²) in [5.74, 6) is 1.09. The first kappa shape index (κ1) is 15.0. The van der Waals surface area contributed by atoms with E-state index < -0.39 is 6.10 Å². The van der Waals surface area contributed by atoms with E-state index in [2.05, 4.69) is 20.2 Å². The molecular formula is C13H22N4O3. The zero-order valence-corrected chi connectivity index (χ0v) is 11.8. The van der Waals surface area contributed by atoms with Crippen LogP contribution in [-0.2, 0) is 4.74 Å². The molecule has 0 amide bonds. The number of nitrogens with zero attached hydrogens (tertiary/aromatic N) is 3. The highest BCUT2D eigenvalue weighted by Crippen LogP contribution is 2.09. The smallest absolute Gasteiger partial charge is 0.234 e. The van der Waals surface area contributed by atoms with E-state index in [1.807, 2.05) is 6.92 Å². The lowest BCUT2D eigenvalue weighted by Gasteiger charge is -2.28. The highest BCUT2D eigenvalue weighted by atomic mass is 16.5. The van der Waals surface area contributed by atoms with Gasteiger partial charge < -0.3 is 19.9 Å². The van der Waals surface area contributed by atoms with Gasteiger partial charge in [0.25, 0.3) is 0 Å². The molecule has 1 atom stereocenters. The van der Waals surface area contributed by atoms with Crippen LogP contribution in [0.15, 0.2) is 12.4 Å². The monoisotopic (exact) mass is 282 g/mol. The zero-order valence-electron chi connectivity index (χ0n) is 11.8. The molecule has 7 nitrogen and oxygen atoms in total. The first-order valence-electron chi connectivity index (χ1n) is 6.95. The van der Waals surface area contributed by atoms with Crippen LogP contribution in [0.25, 0.3) is 0 Å². The van der Waals surface area contributed by atoms with Crippen molar-refractivity contribution in [2.75, 3.05) is 51.3 Å². The van der Waals surface area contributed by atoms with Crippen molar-refractivity contribution >= 4 is 5.82 Å². The third-order valence-electron chi connectivity index (χ3n) is 3.00. The Kier molecular flexibility index (Phi) is 5.97. The van der Waals surface area contributed by atoms with Gasteiger partial charge in [-0.15, -0.1) is 0 Å². The van der Waals surface area contributed by atoms with Crippen LogP contribution in [0.5, 0.6) is 5.88 Å². The predicted molar refractivity (Wildman–Crippen MR) is 75.0 cm³/mol. The highest BCUT2D eigenvalue weighted by Gasteiger charge is 2.14. The minimum atomic E-state index is -0.453. The van der Waals surface area contributed by atoms with E-state index in [4.69, 9.17) is 9.47 Å². The van der Waals surface area contributed by atoms with Gasteiger partial charge in [-0.05, 0) is 6.92 Å². The minimum absolute atomic E-state index is 0.432. The van der Waals surface area contributed by atoms with Crippen LogP contribution >= 0.6 is 0 Å². The number of hydrogen-bond acceptors (Lipinski definition) is 7. The molecule has 7 heteroatoms. The highest BCUT2D eigenvalue weighted by molar-refractivity contribution is 5.33. The number of ether oxygens (including phenoxy) is 2. The van der Waals surface area contributed by atoms with Gasteiger partial charge in [-0.1, -0.05) is 0 Å². The fourth-order valence-electron chi connectivity index (χ4n) is 2.02. The Hall–Kier alpha value is -1.44. The number of anilines is 1. The molecule has 0 spiro atoms. The summed E-state index contributed by atoms with van der Waals surface area (Å²) in [6.45, 7) is 6.74. The van der Waals surface area contributed by atoms with Gasteiger partial charge in [0, 0.05) is 26.2 Å². The minimum Gasteiger partial charge on any atom is -0.477 e. The molecular weight excluding hydrogens is 260 g/mol. The van der Waals surface area contributed by atoms with Gasteiger partial charge >= 0.3 is 0 Å². The van der Waals surface area contributed by atoms with Crippen molar-refractivity contribution in [2.45, 2.75) is 13.0 Å². The SMILES string of the molecule is CCOc1cncc(NCC(O)CN2CCOCC2)n1. The van der Waals surface area contributed by atoms with Crippen molar-refractivity contribution in [1.82, 2.24) is 14.9 Å². The Morgan fingerprint density at radius 1 is 1.45 bits per heavy atom. The summed E-state index contributed by atoms with van der Waals surface area (Å²) in [5, 5.41) is 13.1. The van der Waals surface area contributed by atoms with Crippen LogP contribution < -0.4 is 10.1 Å². The van der Waals surface area contributed by atoms with Gasteiger partial charge in [0.15, 0.2) is 0 Å². The lowest BCUT2D eigenvalue weighted by Crippen LogP contribution is -2.42. The van der Waals surface area contributed by atoms with E-state index in [0.717, 1.165) is 26.3 Å². The second kappa shape index (κ2) is 7.98. The molecule has 0 saturated carbocycles. The summed E-state index contributed by atoms with van der Waals surface area (Å²) in [6.07, 6.45) is 2.73. The number of nitrogens with one attached hydrogen (secondary N) is 1. The van der Waals surface area contributed by atoms with Crippen LogP contribution in [0, 0.1) is 0 Å². The van der Waals surface area contributed by atoms with Gasteiger partial charge in [0.2, 0.25) is 5.88 Å². The number of aliphatic hydroxyl groups is 1. The van der Waals surface area contributed by atoms with E-state index >= 15 is 0 Å². The fourth-order valence-corrected chi connectivity index (χ4v) is 2.02. The van der Waals surface area contributed by atoms with E-state index in [1.54, 1.807) is 12.4 Å². The molecule has 1 aromatic rings. The fraction of sp³-hybridized carbons (Fsp3) is 0.692. The third kappa shape index (κ3) is 4.92. The molecule has 0 aliphatic carbocycles. The summed E-state index contributed by atoms with van der Waals surface area (Å²) < 4.78 is 10.6. The summed E-state index contributed by atoms with van der Waals surface area (Å²) in [7, 11) is 0. The number of β-amino-alcohol motifs (C(OH)–C–C–N with tert-alkyl or cyclic N) is 1. The van der Waals surface area contributed by atoms with Crippen LogP contribution in [0.3, 0.4) is 0 Å². The summed E-state index contributed by atoms with van der Waals surface area (Å²) in [6, 6.07) is 0. The molecule has 1 aliphatic heterocycles. The van der Waals surface area contributed by atoms with Gasteiger partial charge in [0.05, 0.1) is 38.3 Å². The molecule has 1 unspecified atom stereocenters. The van der Waals surface area contributed by atoms with Crippen molar-refractivity contribution in [3.8, 4) is 5.88 Å². The maximum atomic E-state index is 10.0. The molecule has 2 rings (SSSR count). The topological polar surface area (TPSA) is 79.7 Å². The van der Waals surface area contributed by atoms with E-state index in [-0.39, 0.29) is 0 Å². The van der Waals surface area contributed by atoms with Crippen molar-refractivity contribution in [3.63, 3.8) is 0 Å². The Bertz CT molecular complexity index is 399. The molecule has 1 fully saturated rings. The number of aromatic nitrogens is 2. The van der Waals surface area contributed by atoms with Crippen molar-refractivity contribution < 1.29 is 14.6 Å². The van der Waals surface area contributed by atoms with E-state index in [9.17, 15) is 5.11 Å². The average molecular weight is 282 g/mol. The lowest BCUT2D eigenvalue weighted by molar-refractivity contribution is 0.0171. The molecule has 0 aromatic carbocycles. The Balaban J connectivity index is 1.74. The first-order chi connectivity index (χ1) is 9.78.